The highest BCUT2D eigenvalue weighted by atomic mass is 32.1. The Labute approximate surface area is 182 Å². The van der Waals surface area contributed by atoms with Crippen LogP contribution in [0.3, 0.4) is 0 Å². The van der Waals surface area contributed by atoms with Gasteiger partial charge in [0.25, 0.3) is 11.6 Å². The van der Waals surface area contributed by atoms with Crippen LogP contribution >= 0.6 is 11.3 Å². The summed E-state index contributed by atoms with van der Waals surface area (Å²) in [5.41, 5.74) is 2.64. The average Bonchev–Trinajstić information content (AvgIpc) is 3.23. The summed E-state index contributed by atoms with van der Waals surface area (Å²) in [6.07, 6.45) is 0. The number of ether oxygens (including phenoxy) is 1. The highest BCUT2D eigenvalue weighted by Gasteiger charge is 2.18. The van der Waals surface area contributed by atoms with Crippen LogP contribution in [0.25, 0.3) is 21.7 Å². The Balaban J connectivity index is 1.70. The fourth-order valence-electron chi connectivity index (χ4n) is 3.03. The molecule has 1 amide bonds. The topological polar surface area (TPSA) is 94.4 Å². The summed E-state index contributed by atoms with van der Waals surface area (Å²) in [5, 5.41) is 14.2. The fraction of sp³-hybridized carbons (Fsp3) is 0.0435. The van der Waals surface area contributed by atoms with Crippen molar-refractivity contribution in [3.05, 3.63) is 94.5 Å². The Kier molecular flexibility index (Phi) is 5.72. The van der Waals surface area contributed by atoms with Crippen LogP contribution in [0, 0.1) is 10.1 Å². The third-order valence-electron chi connectivity index (χ3n) is 4.57. The largest absolute Gasteiger partial charge is 0.497 e. The molecule has 7 nitrogen and oxygen atoms in total. The molecule has 0 unspecified atom stereocenters. The van der Waals surface area contributed by atoms with E-state index in [0.717, 1.165) is 27.4 Å². The first kappa shape index (κ1) is 20.2. The van der Waals surface area contributed by atoms with Gasteiger partial charge in [-0.05, 0) is 35.9 Å². The van der Waals surface area contributed by atoms with E-state index in [4.69, 9.17) is 4.74 Å². The molecule has 1 N–H and O–H groups in total. The maximum Gasteiger partial charge on any atom is 0.270 e. The standard InChI is InChI=1S/C23H17N3O4S/c1-30-19-12-10-16(11-13-19)21-20(15-6-3-2-4-7-15)24-23(31-21)25-22(27)17-8-5-9-18(14-17)26(28)29/h2-14H,1H3,(H,24,25,27). The van der Waals surface area contributed by atoms with E-state index in [0.29, 0.717) is 5.13 Å². The number of nitrogens with one attached hydrogen (secondary N) is 1. The first-order valence-electron chi connectivity index (χ1n) is 9.31. The van der Waals surface area contributed by atoms with E-state index in [1.165, 1.54) is 35.6 Å². The van der Waals surface area contributed by atoms with Crippen LogP contribution in [0.15, 0.2) is 78.9 Å². The molecule has 0 aliphatic carbocycles. The lowest BCUT2D eigenvalue weighted by atomic mass is 10.1. The van der Waals surface area contributed by atoms with Crippen molar-refractivity contribution in [3.8, 4) is 27.4 Å². The molecule has 0 spiro atoms. The van der Waals surface area contributed by atoms with Crippen molar-refractivity contribution in [1.82, 2.24) is 4.98 Å². The number of aromatic nitrogens is 1. The number of anilines is 1. The molecular weight excluding hydrogens is 414 g/mol. The summed E-state index contributed by atoms with van der Waals surface area (Å²) in [6.45, 7) is 0. The molecule has 0 aliphatic rings. The Hall–Kier alpha value is -4.04. The van der Waals surface area contributed by atoms with Gasteiger partial charge in [0.2, 0.25) is 0 Å². The summed E-state index contributed by atoms with van der Waals surface area (Å²) in [5.74, 6) is 0.284. The van der Waals surface area contributed by atoms with Gasteiger partial charge in [-0.15, -0.1) is 0 Å². The van der Waals surface area contributed by atoms with Crippen LogP contribution < -0.4 is 10.1 Å². The molecule has 0 aliphatic heterocycles. The van der Waals surface area contributed by atoms with Crippen molar-refractivity contribution in [2.45, 2.75) is 0 Å². The van der Waals surface area contributed by atoms with Gasteiger partial charge in [-0.25, -0.2) is 4.98 Å². The van der Waals surface area contributed by atoms with E-state index >= 15 is 0 Å². The molecule has 0 saturated heterocycles. The first-order chi connectivity index (χ1) is 15.0. The zero-order valence-corrected chi connectivity index (χ0v) is 17.3. The second-order valence-corrected chi connectivity index (χ2v) is 7.55. The van der Waals surface area contributed by atoms with E-state index in [2.05, 4.69) is 10.3 Å². The third-order valence-corrected chi connectivity index (χ3v) is 5.59. The molecule has 0 fully saturated rings. The minimum Gasteiger partial charge on any atom is -0.497 e. The number of methoxy groups -OCH3 is 1. The van der Waals surface area contributed by atoms with E-state index in [-0.39, 0.29) is 11.3 Å². The minimum absolute atomic E-state index is 0.143. The normalized spacial score (nSPS) is 10.5. The van der Waals surface area contributed by atoms with E-state index in [9.17, 15) is 14.9 Å². The third kappa shape index (κ3) is 4.44. The molecule has 0 bridgehead atoms. The second-order valence-electron chi connectivity index (χ2n) is 6.55. The SMILES string of the molecule is COc1ccc(-c2sc(NC(=O)c3cccc([N+](=O)[O-])c3)nc2-c2ccccc2)cc1. The minimum atomic E-state index is -0.532. The number of nitrogens with zero attached hydrogens (tertiary/aromatic N) is 2. The highest BCUT2D eigenvalue weighted by molar-refractivity contribution is 7.19. The number of carbonyl (C=O) groups is 1. The van der Waals surface area contributed by atoms with Gasteiger partial charge in [0.1, 0.15) is 5.75 Å². The number of carbonyl (C=O) groups excluding carboxylic acids is 1. The van der Waals surface area contributed by atoms with Crippen LogP contribution in [-0.4, -0.2) is 22.9 Å². The summed E-state index contributed by atoms with van der Waals surface area (Å²) in [7, 11) is 1.61. The summed E-state index contributed by atoms with van der Waals surface area (Å²) >= 11 is 1.34. The Morgan fingerprint density at radius 2 is 1.74 bits per heavy atom. The molecular formula is C23H17N3O4S. The number of benzene rings is 3. The van der Waals surface area contributed by atoms with Crippen LogP contribution in [0.5, 0.6) is 5.75 Å². The van der Waals surface area contributed by atoms with Crippen molar-refractivity contribution >= 4 is 28.1 Å². The van der Waals surface area contributed by atoms with Crippen LogP contribution in [0.1, 0.15) is 10.4 Å². The summed E-state index contributed by atoms with van der Waals surface area (Å²) in [6, 6.07) is 22.9. The monoisotopic (exact) mass is 431 g/mol. The maximum atomic E-state index is 12.7. The predicted octanol–water partition coefficient (Wildman–Crippen LogP) is 5.65. The van der Waals surface area contributed by atoms with Gasteiger partial charge >= 0.3 is 0 Å². The van der Waals surface area contributed by atoms with Gasteiger partial charge in [-0.2, -0.15) is 0 Å². The number of hydrogen-bond acceptors (Lipinski definition) is 6. The number of non-ortho nitro benzene ring substituents is 1. The number of thiazole rings is 1. The summed E-state index contributed by atoms with van der Waals surface area (Å²) < 4.78 is 5.24. The molecule has 4 aromatic rings. The molecule has 31 heavy (non-hydrogen) atoms. The first-order valence-corrected chi connectivity index (χ1v) is 10.1. The lowest BCUT2D eigenvalue weighted by Crippen LogP contribution is -2.11. The van der Waals surface area contributed by atoms with E-state index in [1.54, 1.807) is 7.11 Å². The molecule has 154 valence electrons. The van der Waals surface area contributed by atoms with E-state index < -0.39 is 10.8 Å². The van der Waals surface area contributed by atoms with Crippen molar-refractivity contribution < 1.29 is 14.5 Å². The zero-order valence-electron chi connectivity index (χ0n) is 16.4. The molecule has 1 aromatic heterocycles. The Morgan fingerprint density at radius 1 is 1.00 bits per heavy atom. The Bertz CT molecular complexity index is 1240. The van der Waals surface area contributed by atoms with Gasteiger partial charge in [0, 0.05) is 23.3 Å². The smallest absolute Gasteiger partial charge is 0.270 e. The van der Waals surface area contributed by atoms with Gasteiger partial charge in [0.15, 0.2) is 5.13 Å². The number of amides is 1. The van der Waals surface area contributed by atoms with Gasteiger partial charge in [0.05, 0.1) is 22.6 Å². The fourth-order valence-corrected chi connectivity index (χ4v) is 4.02. The number of rotatable bonds is 6. The highest BCUT2D eigenvalue weighted by Crippen LogP contribution is 2.39. The predicted molar refractivity (Wildman–Crippen MR) is 121 cm³/mol. The number of nitro benzene ring substituents is 1. The molecule has 1 heterocycles. The van der Waals surface area contributed by atoms with Gasteiger partial charge < -0.3 is 4.74 Å². The summed E-state index contributed by atoms with van der Waals surface area (Å²) in [4.78, 5) is 28.7. The molecule has 0 atom stereocenters. The molecule has 0 saturated carbocycles. The molecule has 0 radical (unpaired) electrons. The average molecular weight is 431 g/mol. The quantitative estimate of drug-likeness (QED) is 0.315. The molecule has 8 heteroatoms. The van der Waals surface area contributed by atoms with Crippen LogP contribution in [-0.2, 0) is 0 Å². The number of hydrogen-bond donors (Lipinski definition) is 1. The molecule has 3 aromatic carbocycles. The lowest BCUT2D eigenvalue weighted by Gasteiger charge is -2.04. The zero-order chi connectivity index (χ0) is 21.8. The second kappa shape index (κ2) is 8.76. The van der Waals surface area contributed by atoms with Crippen molar-refractivity contribution in [2.75, 3.05) is 12.4 Å². The van der Waals surface area contributed by atoms with E-state index in [1.807, 2.05) is 54.6 Å². The van der Waals surface area contributed by atoms with Crippen LogP contribution in [0.2, 0.25) is 0 Å². The van der Waals surface area contributed by atoms with Crippen molar-refractivity contribution in [3.63, 3.8) is 0 Å². The Morgan fingerprint density at radius 3 is 2.42 bits per heavy atom. The van der Waals surface area contributed by atoms with Gasteiger partial charge in [-0.3, -0.25) is 20.2 Å². The lowest BCUT2D eigenvalue weighted by molar-refractivity contribution is -0.384. The molecule has 4 rings (SSSR count). The van der Waals surface area contributed by atoms with Crippen LogP contribution in [0.4, 0.5) is 10.8 Å². The van der Waals surface area contributed by atoms with Gasteiger partial charge in [-0.1, -0.05) is 47.7 Å². The maximum absolute atomic E-state index is 12.7. The van der Waals surface area contributed by atoms with Crippen molar-refractivity contribution in [2.24, 2.45) is 0 Å². The van der Waals surface area contributed by atoms with Crippen molar-refractivity contribution in [1.29, 1.82) is 0 Å². The number of nitro groups is 1.